The van der Waals surface area contributed by atoms with Gasteiger partial charge >= 0.3 is 6.18 Å². The second kappa shape index (κ2) is 4.57. The van der Waals surface area contributed by atoms with Crippen LogP contribution in [0.1, 0.15) is 23.4 Å². The summed E-state index contributed by atoms with van der Waals surface area (Å²) in [5.74, 6) is 0. The predicted molar refractivity (Wildman–Crippen MR) is 61.9 cm³/mol. The normalized spacial score (nSPS) is 15.9. The van der Waals surface area contributed by atoms with Crippen molar-refractivity contribution < 1.29 is 13.2 Å². The number of rotatable bonds is 4. The van der Waals surface area contributed by atoms with E-state index >= 15 is 0 Å². The van der Waals surface area contributed by atoms with E-state index in [0.29, 0.717) is 17.7 Å². The van der Waals surface area contributed by atoms with Crippen LogP contribution >= 0.6 is 11.3 Å². The minimum atomic E-state index is -4.39. The fourth-order valence-corrected chi connectivity index (χ4v) is 2.22. The van der Waals surface area contributed by atoms with E-state index in [1.165, 1.54) is 24.2 Å². The molecule has 1 saturated carbocycles. The lowest BCUT2D eigenvalue weighted by molar-refractivity contribution is -0.137. The van der Waals surface area contributed by atoms with Crippen LogP contribution in [0.25, 0.3) is 5.13 Å². The molecule has 0 saturated heterocycles. The number of nitrogens with one attached hydrogen (secondary N) is 1. The van der Waals surface area contributed by atoms with E-state index in [9.17, 15) is 13.2 Å². The van der Waals surface area contributed by atoms with E-state index in [-0.39, 0.29) is 0 Å². The maximum atomic E-state index is 12.4. The number of aromatic nitrogens is 4. The minimum absolute atomic E-state index is 0.336. The monoisotopic (exact) mass is 289 g/mol. The Labute approximate surface area is 110 Å². The minimum Gasteiger partial charge on any atom is -0.308 e. The van der Waals surface area contributed by atoms with Crippen LogP contribution in [-0.4, -0.2) is 26.0 Å². The molecule has 2 aromatic rings. The third kappa shape index (κ3) is 2.92. The Balaban J connectivity index is 1.72. The fraction of sp³-hybridized carbons (Fsp3) is 0.500. The Morgan fingerprint density at radius 1 is 1.37 bits per heavy atom. The summed E-state index contributed by atoms with van der Waals surface area (Å²) in [6.45, 7) is 0.593. The highest BCUT2D eigenvalue weighted by Gasteiger charge is 2.32. The molecule has 0 aromatic carbocycles. The second-order valence-corrected chi connectivity index (χ2v) is 5.35. The average molecular weight is 289 g/mol. The first kappa shape index (κ1) is 12.5. The molecule has 5 nitrogen and oxygen atoms in total. The van der Waals surface area contributed by atoms with Crippen LogP contribution in [0.5, 0.6) is 0 Å². The number of nitrogens with zero attached hydrogens (tertiary/aromatic N) is 4. The molecule has 19 heavy (non-hydrogen) atoms. The second-order valence-electron chi connectivity index (χ2n) is 4.30. The van der Waals surface area contributed by atoms with E-state index in [0.717, 1.165) is 22.1 Å². The molecule has 1 fully saturated rings. The molecule has 2 heterocycles. The summed E-state index contributed by atoms with van der Waals surface area (Å²) in [6.07, 6.45) is -0.360. The van der Waals surface area contributed by atoms with Crippen molar-refractivity contribution in [2.75, 3.05) is 0 Å². The molecule has 0 atom stereocenters. The summed E-state index contributed by atoms with van der Waals surface area (Å²) in [5, 5.41) is 15.8. The van der Waals surface area contributed by atoms with Gasteiger partial charge in [0.05, 0.1) is 18.3 Å². The summed E-state index contributed by atoms with van der Waals surface area (Å²) in [5.41, 5.74) is -0.791. The molecule has 0 aliphatic heterocycles. The van der Waals surface area contributed by atoms with Gasteiger partial charge in [-0.3, -0.25) is 0 Å². The van der Waals surface area contributed by atoms with Gasteiger partial charge in [0.15, 0.2) is 0 Å². The number of hydrogen-bond donors (Lipinski definition) is 1. The molecule has 1 N–H and O–H groups in total. The van der Waals surface area contributed by atoms with Crippen molar-refractivity contribution in [2.24, 2.45) is 0 Å². The third-order valence-electron chi connectivity index (χ3n) is 2.68. The van der Waals surface area contributed by atoms with Gasteiger partial charge in [-0.1, -0.05) is 11.3 Å². The van der Waals surface area contributed by atoms with Crippen molar-refractivity contribution in [2.45, 2.75) is 31.6 Å². The number of alkyl halides is 3. The van der Waals surface area contributed by atoms with E-state index in [1.54, 1.807) is 0 Å². The van der Waals surface area contributed by atoms with Gasteiger partial charge < -0.3 is 5.32 Å². The van der Waals surface area contributed by atoms with Crippen molar-refractivity contribution >= 4 is 11.3 Å². The molecule has 102 valence electrons. The quantitative estimate of drug-likeness (QED) is 0.935. The molecule has 9 heteroatoms. The fourth-order valence-electron chi connectivity index (χ4n) is 1.50. The smallest absolute Gasteiger partial charge is 0.308 e. The molecule has 0 unspecified atom stereocenters. The standard InChI is InChI=1S/C10H10F3N5S/c11-10(12,13)6-3-15-18(5-6)9-17-16-8(19-9)4-14-7-1-2-7/h3,5,7,14H,1-2,4H2. The lowest BCUT2D eigenvalue weighted by Gasteiger charge is -1.99. The van der Waals surface area contributed by atoms with E-state index in [2.05, 4.69) is 20.6 Å². The Kier molecular flexibility index (Phi) is 3.02. The van der Waals surface area contributed by atoms with Gasteiger partial charge in [-0.05, 0) is 12.8 Å². The summed E-state index contributed by atoms with van der Waals surface area (Å²) in [4.78, 5) is 0. The highest BCUT2D eigenvalue weighted by Crippen LogP contribution is 2.29. The van der Waals surface area contributed by atoms with E-state index < -0.39 is 11.7 Å². The van der Waals surface area contributed by atoms with E-state index in [4.69, 9.17) is 0 Å². The van der Waals surface area contributed by atoms with Gasteiger partial charge in [0.1, 0.15) is 5.01 Å². The third-order valence-corrected chi connectivity index (χ3v) is 3.59. The van der Waals surface area contributed by atoms with Gasteiger partial charge in [0.2, 0.25) is 5.13 Å². The molecular formula is C10H10F3N5S. The first-order valence-electron chi connectivity index (χ1n) is 5.70. The molecule has 3 rings (SSSR count). The summed E-state index contributed by atoms with van der Waals surface area (Å²) >= 11 is 1.23. The summed E-state index contributed by atoms with van der Waals surface area (Å²) in [6, 6.07) is 0.550. The van der Waals surface area contributed by atoms with Crippen LogP contribution in [0.4, 0.5) is 13.2 Å². The Morgan fingerprint density at radius 3 is 2.79 bits per heavy atom. The first-order valence-corrected chi connectivity index (χ1v) is 6.52. The molecule has 1 aliphatic rings. The van der Waals surface area contributed by atoms with Crippen LogP contribution in [0.3, 0.4) is 0 Å². The predicted octanol–water partition coefficient (Wildman–Crippen LogP) is 1.99. The first-order chi connectivity index (χ1) is 9.02. The zero-order chi connectivity index (χ0) is 13.5. The van der Waals surface area contributed by atoms with Crippen LogP contribution < -0.4 is 5.32 Å². The van der Waals surface area contributed by atoms with Crippen molar-refractivity contribution in [1.29, 1.82) is 0 Å². The van der Waals surface area contributed by atoms with Gasteiger partial charge in [0.25, 0.3) is 0 Å². The molecule has 0 spiro atoms. The molecule has 2 aromatic heterocycles. The van der Waals surface area contributed by atoms with Crippen molar-refractivity contribution in [3.63, 3.8) is 0 Å². The molecule has 0 radical (unpaired) electrons. The average Bonchev–Trinajstić information content (AvgIpc) is 2.87. The largest absolute Gasteiger partial charge is 0.419 e. The molecule has 0 bridgehead atoms. The van der Waals surface area contributed by atoms with Crippen molar-refractivity contribution in [1.82, 2.24) is 25.3 Å². The van der Waals surface area contributed by atoms with Gasteiger partial charge in [-0.25, -0.2) is 4.68 Å². The van der Waals surface area contributed by atoms with Crippen LogP contribution in [0.2, 0.25) is 0 Å². The van der Waals surface area contributed by atoms with Gasteiger partial charge in [0, 0.05) is 12.2 Å². The summed E-state index contributed by atoms with van der Waals surface area (Å²) < 4.78 is 38.4. The Hall–Kier alpha value is -1.48. The highest BCUT2D eigenvalue weighted by molar-refractivity contribution is 7.13. The molecule has 1 aliphatic carbocycles. The lowest BCUT2D eigenvalue weighted by atomic mass is 10.4. The maximum absolute atomic E-state index is 12.4. The van der Waals surface area contributed by atoms with Crippen molar-refractivity contribution in [3.8, 4) is 5.13 Å². The van der Waals surface area contributed by atoms with Crippen LogP contribution in [-0.2, 0) is 12.7 Å². The zero-order valence-corrected chi connectivity index (χ0v) is 10.5. The highest BCUT2D eigenvalue weighted by atomic mass is 32.1. The van der Waals surface area contributed by atoms with E-state index in [1.807, 2.05) is 0 Å². The number of hydrogen-bond acceptors (Lipinski definition) is 5. The number of halogens is 3. The lowest BCUT2D eigenvalue weighted by Crippen LogP contribution is -2.14. The maximum Gasteiger partial charge on any atom is 0.419 e. The Bertz CT molecular complexity index is 572. The molecule has 0 amide bonds. The van der Waals surface area contributed by atoms with Crippen molar-refractivity contribution in [3.05, 3.63) is 23.0 Å². The SMILES string of the molecule is FC(F)(F)c1cnn(-c2nnc(CNC3CC3)s2)c1. The topological polar surface area (TPSA) is 55.6 Å². The van der Waals surface area contributed by atoms with Crippen LogP contribution in [0, 0.1) is 0 Å². The zero-order valence-electron chi connectivity index (χ0n) is 9.68. The van der Waals surface area contributed by atoms with Gasteiger partial charge in [-0.15, -0.1) is 10.2 Å². The van der Waals surface area contributed by atoms with Gasteiger partial charge in [-0.2, -0.15) is 18.3 Å². The Morgan fingerprint density at radius 2 is 2.16 bits per heavy atom. The summed E-state index contributed by atoms with van der Waals surface area (Å²) in [7, 11) is 0. The molecular weight excluding hydrogens is 279 g/mol. The van der Waals surface area contributed by atoms with Crippen LogP contribution in [0.15, 0.2) is 12.4 Å².